The molecule has 9 nitrogen and oxygen atoms in total. The number of carbonyl (C=O) groups excluding carboxylic acids is 2. The van der Waals surface area contributed by atoms with Crippen LogP contribution in [-0.2, 0) is 23.8 Å². The molecular weight excluding hydrogens is 264 g/mol. The number of carbonyl (C=O) groups is 2. The van der Waals surface area contributed by atoms with Gasteiger partial charge in [-0.3, -0.25) is 9.59 Å². The largest absolute Gasteiger partial charge is 0.469 e. The molecule has 19 heavy (non-hydrogen) atoms. The zero-order valence-corrected chi connectivity index (χ0v) is 10.1. The first kappa shape index (κ1) is 15.8. The normalized spacial score (nSPS) is 34.7. The van der Waals surface area contributed by atoms with Crippen LogP contribution in [0.15, 0.2) is 0 Å². The fraction of sp³-hybridized carbons (Fsp3) is 0.800. The maximum absolute atomic E-state index is 11.2. The van der Waals surface area contributed by atoms with Gasteiger partial charge in [-0.05, 0) is 0 Å². The molecule has 0 bridgehead atoms. The lowest BCUT2D eigenvalue weighted by Gasteiger charge is -2.37. The van der Waals surface area contributed by atoms with Gasteiger partial charge in [0.25, 0.3) is 0 Å². The molecule has 1 aliphatic heterocycles. The van der Waals surface area contributed by atoms with Crippen molar-refractivity contribution in [2.45, 2.75) is 37.1 Å². The number of hydrogen-bond donors (Lipinski definition) is 4. The molecule has 1 rings (SSSR count). The van der Waals surface area contributed by atoms with E-state index in [1.807, 2.05) is 0 Å². The maximum atomic E-state index is 11.2. The molecule has 9 heteroatoms. The van der Waals surface area contributed by atoms with Crippen LogP contribution >= 0.6 is 0 Å². The van der Waals surface area contributed by atoms with Crippen molar-refractivity contribution in [3.8, 4) is 0 Å². The van der Waals surface area contributed by atoms with Gasteiger partial charge in [-0.1, -0.05) is 0 Å². The lowest BCUT2D eigenvalue weighted by Crippen LogP contribution is -2.58. The Balaban J connectivity index is 2.44. The zero-order chi connectivity index (χ0) is 14.6. The molecule has 5 unspecified atom stereocenters. The summed E-state index contributed by atoms with van der Waals surface area (Å²) in [4.78, 5) is 21.9. The smallest absolute Gasteiger partial charge is 0.317 e. The van der Waals surface area contributed by atoms with Crippen molar-refractivity contribution in [1.29, 1.82) is 0 Å². The summed E-state index contributed by atoms with van der Waals surface area (Å²) in [7, 11) is 1.11. The van der Waals surface area contributed by atoms with Gasteiger partial charge in [-0.25, -0.2) is 0 Å². The van der Waals surface area contributed by atoms with E-state index in [1.165, 1.54) is 0 Å². The Labute approximate surface area is 108 Å². The summed E-state index contributed by atoms with van der Waals surface area (Å²) in [5.74, 6) is -1.69. The molecule has 0 amide bonds. The van der Waals surface area contributed by atoms with Crippen LogP contribution in [0.3, 0.4) is 0 Å². The minimum atomic E-state index is -1.71. The third kappa shape index (κ3) is 4.11. The molecule has 0 spiro atoms. The first-order valence-corrected chi connectivity index (χ1v) is 5.47. The summed E-state index contributed by atoms with van der Waals surface area (Å²) < 4.78 is 13.6. The molecule has 1 fully saturated rings. The van der Waals surface area contributed by atoms with E-state index < -0.39 is 55.7 Å². The Morgan fingerprint density at radius 2 is 1.68 bits per heavy atom. The van der Waals surface area contributed by atoms with Crippen LogP contribution in [0.2, 0.25) is 0 Å². The zero-order valence-electron chi connectivity index (χ0n) is 10.1. The number of esters is 2. The van der Waals surface area contributed by atoms with Crippen molar-refractivity contribution in [2.24, 2.45) is 0 Å². The molecule has 1 saturated heterocycles. The fourth-order valence-electron chi connectivity index (χ4n) is 1.48. The van der Waals surface area contributed by atoms with Crippen molar-refractivity contribution in [3.05, 3.63) is 0 Å². The van der Waals surface area contributed by atoms with Gasteiger partial charge in [0, 0.05) is 0 Å². The minimum Gasteiger partial charge on any atom is -0.469 e. The van der Waals surface area contributed by atoms with Gasteiger partial charge in [0.2, 0.25) is 0 Å². The highest BCUT2D eigenvalue weighted by molar-refractivity contribution is 5.91. The monoisotopic (exact) mass is 280 g/mol. The van der Waals surface area contributed by atoms with Crippen LogP contribution in [0.4, 0.5) is 0 Å². The topological polar surface area (TPSA) is 143 Å². The molecule has 0 aromatic rings. The predicted molar refractivity (Wildman–Crippen MR) is 56.5 cm³/mol. The number of ether oxygens (including phenoxy) is 3. The standard InChI is InChI=1S/C10H16O9/c1-17-5(11)2-6(12)18-3-4-7(13)8(14)9(15)10(16)19-4/h4,7-10,13-16H,2-3H2,1H3. The van der Waals surface area contributed by atoms with Crippen LogP contribution in [0.5, 0.6) is 0 Å². The van der Waals surface area contributed by atoms with E-state index in [9.17, 15) is 30.0 Å². The van der Waals surface area contributed by atoms with Crippen molar-refractivity contribution in [1.82, 2.24) is 0 Å². The number of aliphatic hydroxyl groups is 4. The van der Waals surface area contributed by atoms with Crippen LogP contribution < -0.4 is 0 Å². The molecule has 0 radical (unpaired) electrons. The quantitative estimate of drug-likeness (QED) is 0.311. The van der Waals surface area contributed by atoms with Crippen LogP contribution in [0, 0.1) is 0 Å². The van der Waals surface area contributed by atoms with Gasteiger partial charge in [0.1, 0.15) is 37.4 Å². The van der Waals surface area contributed by atoms with Crippen molar-refractivity contribution in [2.75, 3.05) is 13.7 Å². The Bertz CT molecular complexity index is 331. The van der Waals surface area contributed by atoms with Gasteiger partial charge < -0.3 is 34.6 Å². The highest BCUT2D eigenvalue weighted by Crippen LogP contribution is 2.20. The highest BCUT2D eigenvalue weighted by Gasteiger charge is 2.43. The third-order valence-corrected chi connectivity index (χ3v) is 2.61. The molecule has 5 atom stereocenters. The second kappa shape index (κ2) is 6.78. The van der Waals surface area contributed by atoms with Gasteiger partial charge in [-0.15, -0.1) is 0 Å². The van der Waals surface area contributed by atoms with Crippen molar-refractivity contribution in [3.63, 3.8) is 0 Å². The molecule has 110 valence electrons. The van der Waals surface area contributed by atoms with E-state index in [0.717, 1.165) is 7.11 Å². The summed E-state index contributed by atoms with van der Waals surface area (Å²) in [5, 5.41) is 37.4. The number of hydrogen-bond acceptors (Lipinski definition) is 9. The average molecular weight is 280 g/mol. The second-order valence-corrected chi connectivity index (χ2v) is 3.97. The Morgan fingerprint density at radius 1 is 1.05 bits per heavy atom. The summed E-state index contributed by atoms with van der Waals surface area (Å²) in [6.45, 7) is -0.488. The van der Waals surface area contributed by atoms with Crippen LogP contribution in [-0.4, -0.2) is 76.8 Å². The van der Waals surface area contributed by atoms with E-state index in [1.54, 1.807) is 0 Å². The van der Waals surface area contributed by atoms with E-state index in [-0.39, 0.29) is 0 Å². The van der Waals surface area contributed by atoms with E-state index in [2.05, 4.69) is 9.47 Å². The molecular formula is C10H16O9. The minimum absolute atomic E-state index is 0.488. The molecule has 0 aromatic heterocycles. The van der Waals surface area contributed by atoms with Gasteiger partial charge in [0.15, 0.2) is 6.29 Å². The molecule has 0 saturated carbocycles. The fourth-order valence-corrected chi connectivity index (χ4v) is 1.48. The lowest BCUT2D eigenvalue weighted by molar-refractivity contribution is -0.287. The van der Waals surface area contributed by atoms with E-state index in [0.29, 0.717) is 0 Å². The Hall–Kier alpha value is -1.26. The van der Waals surface area contributed by atoms with Crippen LogP contribution in [0.1, 0.15) is 6.42 Å². The van der Waals surface area contributed by atoms with Gasteiger partial charge in [0.05, 0.1) is 7.11 Å². The van der Waals surface area contributed by atoms with E-state index >= 15 is 0 Å². The second-order valence-electron chi connectivity index (χ2n) is 3.97. The molecule has 4 N–H and O–H groups in total. The lowest BCUT2D eigenvalue weighted by atomic mass is 9.99. The number of aliphatic hydroxyl groups excluding tert-OH is 4. The predicted octanol–water partition coefficient (Wildman–Crippen LogP) is -3.11. The molecule has 0 aromatic carbocycles. The van der Waals surface area contributed by atoms with Crippen molar-refractivity contribution < 1.29 is 44.2 Å². The van der Waals surface area contributed by atoms with Gasteiger partial charge in [-0.2, -0.15) is 0 Å². The molecule has 1 heterocycles. The first-order valence-electron chi connectivity index (χ1n) is 5.47. The third-order valence-electron chi connectivity index (χ3n) is 2.61. The van der Waals surface area contributed by atoms with Crippen molar-refractivity contribution >= 4 is 11.9 Å². The summed E-state index contributed by atoms with van der Waals surface area (Å²) in [5.41, 5.74) is 0. The first-order chi connectivity index (χ1) is 8.86. The summed E-state index contributed by atoms with van der Waals surface area (Å²) in [6.07, 6.45) is -8.35. The Morgan fingerprint density at radius 3 is 2.26 bits per heavy atom. The Kier molecular flexibility index (Phi) is 5.63. The van der Waals surface area contributed by atoms with Gasteiger partial charge >= 0.3 is 11.9 Å². The number of methoxy groups -OCH3 is 1. The average Bonchev–Trinajstić information content (AvgIpc) is 2.38. The summed E-state index contributed by atoms with van der Waals surface area (Å²) in [6, 6.07) is 0. The summed E-state index contributed by atoms with van der Waals surface area (Å²) >= 11 is 0. The molecule has 0 aliphatic carbocycles. The van der Waals surface area contributed by atoms with E-state index in [4.69, 9.17) is 4.74 Å². The number of rotatable bonds is 4. The van der Waals surface area contributed by atoms with Crippen LogP contribution in [0.25, 0.3) is 0 Å². The SMILES string of the molecule is COC(=O)CC(=O)OCC1OC(O)C(O)C(O)C1O. The highest BCUT2D eigenvalue weighted by atomic mass is 16.7. The molecule has 1 aliphatic rings. The maximum Gasteiger partial charge on any atom is 0.317 e.